The monoisotopic (exact) mass is 248 g/mol. The van der Waals surface area contributed by atoms with E-state index < -0.39 is 17.0 Å². The number of hydrogen-bond acceptors (Lipinski definition) is 3. The normalized spacial score (nSPS) is 11.8. The highest BCUT2D eigenvalue weighted by Gasteiger charge is 2.34. The lowest BCUT2D eigenvalue weighted by Gasteiger charge is -1.99. The molecular weight excluding hydrogens is 244 g/mol. The van der Waals surface area contributed by atoms with Gasteiger partial charge in [-0.2, -0.15) is 13.2 Å². The second kappa shape index (κ2) is 3.82. The Kier molecular flexibility index (Phi) is 2.63. The van der Waals surface area contributed by atoms with Gasteiger partial charge in [-0.1, -0.05) is 0 Å². The van der Waals surface area contributed by atoms with Crippen LogP contribution in [0.5, 0.6) is 0 Å². The third-order valence-electron chi connectivity index (χ3n) is 1.72. The fourth-order valence-corrected chi connectivity index (χ4v) is 1.81. The largest absolute Gasteiger partial charge is 0.443 e. The maximum Gasteiger partial charge on any atom is 0.443 e. The van der Waals surface area contributed by atoms with E-state index in [0.717, 1.165) is 18.3 Å². The maximum atomic E-state index is 12.8. The molecule has 16 heavy (non-hydrogen) atoms. The average molecular weight is 248 g/mol. The SMILES string of the molecule is Fc1ccnc(-c2cnc(C(F)(F)F)s2)c1. The molecule has 0 atom stereocenters. The highest BCUT2D eigenvalue weighted by atomic mass is 32.1. The van der Waals surface area contributed by atoms with Crippen molar-refractivity contribution in [3.63, 3.8) is 0 Å². The zero-order valence-corrected chi connectivity index (χ0v) is 8.44. The van der Waals surface area contributed by atoms with Crippen molar-refractivity contribution in [2.24, 2.45) is 0 Å². The van der Waals surface area contributed by atoms with Gasteiger partial charge in [0.2, 0.25) is 0 Å². The van der Waals surface area contributed by atoms with Crippen LogP contribution in [0.3, 0.4) is 0 Å². The molecule has 2 aromatic rings. The minimum absolute atomic E-state index is 0.146. The first-order valence-electron chi connectivity index (χ1n) is 4.12. The summed E-state index contributed by atoms with van der Waals surface area (Å²) in [4.78, 5) is 7.18. The molecule has 0 radical (unpaired) electrons. The van der Waals surface area contributed by atoms with Gasteiger partial charge in [0.1, 0.15) is 5.82 Å². The number of aromatic nitrogens is 2. The molecule has 0 bridgehead atoms. The van der Waals surface area contributed by atoms with Crippen LogP contribution in [0.2, 0.25) is 0 Å². The Morgan fingerprint density at radius 3 is 2.50 bits per heavy atom. The molecule has 0 spiro atoms. The van der Waals surface area contributed by atoms with Gasteiger partial charge in [-0.15, -0.1) is 11.3 Å². The Hall–Kier alpha value is -1.50. The number of pyridine rings is 1. The number of alkyl halides is 3. The van der Waals surface area contributed by atoms with E-state index in [1.165, 1.54) is 6.20 Å². The molecule has 0 N–H and O–H groups in total. The minimum atomic E-state index is -4.48. The first kappa shape index (κ1) is 11.0. The number of halogens is 4. The summed E-state index contributed by atoms with van der Waals surface area (Å²) < 4.78 is 49.6. The van der Waals surface area contributed by atoms with Crippen molar-refractivity contribution in [2.45, 2.75) is 6.18 Å². The number of thiazole rings is 1. The smallest absolute Gasteiger partial charge is 0.255 e. The molecule has 2 heterocycles. The molecule has 0 amide bonds. The molecule has 0 aliphatic rings. The average Bonchev–Trinajstić information content (AvgIpc) is 2.65. The zero-order valence-electron chi connectivity index (χ0n) is 7.62. The van der Waals surface area contributed by atoms with Crippen LogP contribution in [-0.2, 0) is 6.18 Å². The van der Waals surface area contributed by atoms with Crippen LogP contribution >= 0.6 is 11.3 Å². The second-order valence-corrected chi connectivity index (χ2v) is 3.92. The topological polar surface area (TPSA) is 25.8 Å². The van der Waals surface area contributed by atoms with Crippen molar-refractivity contribution in [1.29, 1.82) is 0 Å². The Balaban J connectivity index is 2.39. The van der Waals surface area contributed by atoms with E-state index >= 15 is 0 Å². The predicted molar refractivity (Wildman–Crippen MR) is 50.3 cm³/mol. The van der Waals surface area contributed by atoms with Crippen LogP contribution in [-0.4, -0.2) is 9.97 Å². The summed E-state index contributed by atoms with van der Waals surface area (Å²) in [7, 11) is 0. The van der Waals surface area contributed by atoms with Gasteiger partial charge in [0, 0.05) is 18.5 Å². The van der Waals surface area contributed by atoms with Crippen LogP contribution in [0.1, 0.15) is 5.01 Å². The molecule has 0 aromatic carbocycles. The van der Waals surface area contributed by atoms with E-state index in [0.29, 0.717) is 11.3 Å². The molecule has 0 fully saturated rings. The summed E-state index contributed by atoms with van der Waals surface area (Å²) in [5.41, 5.74) is 0.146. The number of hydrogen-bond donors (Lipinski definition) is 0. The summed E-state index contributed by atoms with van der Waals surface area (Å²) >= 11 is 0.436. The molecule has 0 saturated carbocycles. The van der Waals surface area contributed by atoms with E-state index in [4.69, 9.17) is 0 Å². The van der Waals surface area contributed by atoms with Crippen LogP contribution in [0.25, 0.3) is 10.6 Å². The molecule has 7 heteroatoms. The third-order valence-corrected chi connectivity index (χ3v) is 2.79. The van der Waals surface area contributed by atoms with Crippen molar-refractivity contribution in [3.8, 4) is 10.6 Å². The Labute approximate surface area is 91.6 Å². The van der Waals surface area contributed by atoms with Gasteiger partial charge in [-0.25, -0.2) is 9.37 Å². The first-order valence-corrected chi connectivity index (χ1v) is 4.93. The summed E-state index contributed by atoms with van der Waals surface area (Å²) in [6.45, 7) is 0. The second-order valence-electron chi connectivity index (χ2n) is 2.89. The van der Waals surface area contributed by atoms with E-state index in [2.05, 4.69) is 9.97 Å². The van der Waals surface area contributed by atoms with Crippen LogP contribution in [0.15, 0.2) is 24.5 Å². The quantitative estimate of drug-likeness (QED) is 0.723. The van der Waals surface area contributed by atoms with Gasteiger partial charge in [0.25, 0.3) is 0 Å². The lowest BCUT2D eigenvalue weighted by Crippen LogP contribution is -2.02. The third kappa shape index (κ3) is 2.19. The highest BCUT2D eigenvalue weighted by Crippen LogP contribution is 2.35. The van der Waals surface area contributed by atoms with Gasteiger partial charge in [0.15, 0.2) is 5.01 Å². The Bertz CT molecular complexity index is 506. The lowest BCUT2D eigenvalue weighted by molar-refractivity contribution is -0.137. The minimum Gasteiger partial charge on any atom is -0.255 e. The van der Waals surface area contributed by atoms with Crippen molar-refractivity contribution in [3.05, 3.63) is 35.4 Å². The Morgan fingerprint density at radius 1 is 1.19 bits per heavy atom. The highest BCUT2D eigenvalue weighted by molar-refractivity contribution is 7.15. The maximum absolute atomic E-state index is 12.8. The summed E-state index contributed by atoms with van der Waals surface area (Å²) in [5.74, 6) is -0.549. The van der Waals surface area contributed by atoms with Gasteiger partial charge in [-0.05, 0) is 6.07 Å². The molecule has 0 unspecified atom stereocenters. The van der Waals surface area contributed by atoms with Crippen LogP contribution in [0.4, 0.5) is 17.6 Å². The summed E-state index contributed by atoms with van der Waals surface area (Å²) in [5, 5.41) is -0.964. The van der Waals surface area contributed by atoms with Gasteiger partial charge >= 0.3 is 6.18 Å². The molecule has 2 aromatic heterocycles. The van der Waals surface area contributed by atoms with Crippen LogP contribution < -0.4 is 0 Å². The van der Waals surface area contributed by atoms with E-state index in [1.54, 1.807) is 0 Å². The van der Waals surface area contributed by atoms with E-state index in [9.17, 15) is 17.6 Å². The van der Waals surface area contributed by atoms with Crippen LogP contribution in [0, 0.1) is 5.82 Å². The standard InChI is InChI=1S/C9H4F4N2S/c10-5-1-2-14-6(3-5)7-4-15-8(16-7)9(11,12)13/h1-4H. The van der Waals surface area contributed by atoms with Crippen molar-refractivity contribution < 1.29 is 17.6 Å². The van der Waals surface area contributed by atoms with Gasteiger partial charge < -0.3 is 0 Å². The first-order chi connectivity index (χ1) is 7.47. The Morgan fingerprint density at radius 2 is 1.94 bits per heavy atom. The lowest BCUT2D eigenvalue weighted by atomic mass is 10.3. The molecular formula is C9H4F4N2S. The number of rotatable bonds is 1. The molecule has 84 valence electrons. The molecule has 0 saturated heterocycles. The van der Waals surface area contributed by atoms with E-state index in [-0.39, 0.29) is 10.6 Å². The fourth-order valence-electron chi connectivity index (χ4n) is 1.06. The molecule has 2 rings (SSSR count). The predicted octanol–water partition coefficient (Wildman–Crippen LogP) is 3.36. The molecule has 0 aliphatic carbocycles. The molecule has 0 aliphatic heterocycles. The van der Waals surface area contributed by atoms with Gasteiger partial charge in [-0.3, -0.25) is 4.98 Å². The molecule has 2 nitrogen and oxygen atoms in total. The zero-order chi connectivity index (χ0) is 11.8. The van der Waals surface area contributed by atoms with Crippen molar-refractivity contribution in [2.75, 3.05) is 0 Å². The fraction of sp³-hybridized carbons (Fsp3) is 0.111. The summed E-state index contributed by atoms with van der Waals surface area (Å²) in [6.07, 6.45) is -2.25. The van der Waals surface area contributed by atoms with Crippen molar-refractivity contribution >= 4 is 11.3 Å². The van der Waals surface area contributed by atoms with E-state index in [1.807, 2.05) is 0 Å². The van der Waals surface area contributed by atoms with Crippen molar-refractivity contribution in [1.82, 2.24) is 9.97 Å². The summed E-state index contributed by atoms with van der Waals surface area (Å²) in [6, 6.07) is 2.18. The van der Waals surface area contributed by atoms with Gasteiger partial charge in [0.05, 0.1) is 10.6 Å². The number of nitrogens with zero attached hydrogens (tertiary/aromatic N) is 2.